The summed E-state index contributed by atoms with van der Waals surface area (Å²) in [6.45, 7) is 0. The van der Waals surface area contributed by atoms with E-state index in [9.17, 15) is 0 Å². The minimum absolute atomic E-state index is 0. The number of fused-ring (bicyclic) bond motifs is 9. The largest absolute Gasteiger partial charge is 1.00 e. The van der Waals surface area contributed by atoms with E-state index in [1.54, 1.807) is 0 Å². The summed E-state index contributed by atoms with van der Waals surface area (Å²) >= 11 is 9.97. The molecule has 0 amide bonds. The van der Waals surface area contributed by atoms with Gasteiger partial charge in [-0.2, -0.15) is 0 Å². The van der Waals surface area contributed by atoms with Crippen LogP contribution < -0.4 is 18.9 Å². The molecular formula is C44H41Br3Li+. The molecule has 0 N–H and O–H groups in total. The quantitative estimate of drug-likeness (QED) is 0.123. The first-order valence-corrected chi connectivity index (χ1v) is 19.3. The third kappa shape index (κ3) is 8.55. The van der Waals surface area contributed by atoms with Crippen LogP contribution in [0.3, 0.4) is 0 Å². The van der Waals surface area contributed by atoms with E-state index < -0.39 is 0 Å². The maximum atomic E-state index is 3.56. The van der Waals surface area contributed by atoms with Gasteiger partial charge in [-0.05, 0) is 86.0 Å². The maximum Gasteiger partial charge on any atom is 1.00 e. The topological polar surface area (TPSA) is 0 Å². The Labute approximate surface area is 325 Å². The number of halogens is 3. The summed E-state index contributed by atoms with van der Waals surface area (Å²) in [6, 6.07) is 52.2. The van der Waals surface area contributed by atoms with Gasteiger partial charge in [-0.1, -0.05) is 201 Å². The average molecular weight is 816 g/mol. The van der Waals surface area contributed by atoms with Crippen LogP contribution in [-0.4, -0.2) is 16.0 Å². The van der Waals surface area contributed by atoms with Crippen molar-refractivity contribution in [2.24, 2.45) is 0 Å². The molecule has 0 nitrogen and oxygen atoms in total. The Morgan fingerprint density at radius 3 is 0.938 bits per heavy atom. The molecule has 0 spiro atoms. The maximum absolute atomic E-state index is 3.56. The van der Waals surface area contributed by atoms with Crippen molar-refractivity contribution in [3.05, 3.63) is 179 Å². The molecule has 3 aliphatic rings. The first kappa shape index (κ1) is 38.2. The normalized spacial score (nSPS) is 11.8. The molecule has 9 rings (SSSR count). The summed E-state index contributed by atoms with van der Waals surface area (Å²) in [5.74, 6) is 0.576. The molecule has 3 aliphatic carbocycles. The fourth-order valence-corrected chi connectivity index (χ4v) is 7.30. The van der Waals surface area contributed by atoms with Crippen LogP contribution in [0.5, 0.6) is 0 Å². The van der Waals surface area contributed by atoms with Gasteiger partial charge in [0.1, 0.15) is 0 Å². The van der Waals surface area contributed by atoms with Crippen LogP contribution in [0.4, 0.5) is 0 Å². The molecule has 0 aromatic heterocycles. The smallest absolute Gasteiger partial charge is 0.0928 e. The van der Waals surface area contributed by atoms with Crippen molar-refractivity contribution >= 4 is 47.8 Å². The second kappa shape index (κ2) is 18.9. The summed E-state index contributed by atoms with van der Waals surface area (Å²) < 4.78 is 0. The van der Waals surface area contributed by atoms with E-state index in [2.05, 4.69) is 193 Å². The minimum Gasteiger partial charge on any atom is -0.0928 e. The number of hydrogen-bond donors (Lipinski definition) is 0. The Kier molecular flexibility index (Phi) is 15.1. The second-order valence-electron chi connectivity index (χ2n) is 11.6. The molecule has 0 bridgehead atoms. The van der Waals surface area contributed by atoms with Crippen molar-refractivity contribution in [3.8, 4) is 33.4 Å². The van der Waals surface area contributed by atoms with E-state index >= 15 is 0 Å². The molecule has 0 aliphatic heterocycles. The Balaban J connectivity index is 0.000000152. The van der Waals surface area contributed by atoms with E-state index in [-0.39, 0.29) is 26.3 Å². The molecule has 0 fully saturated rings. The fraction of sp³-hybridized carbons (Fsp3) is 0.182. The number of hydrogen-bond acceptors (Lipinski definition) is 0. The zero-order valence-corrected chi connectivity index (χ0v) is 31.6. The SMILES string of the molecule is BrCCBr.BrCCC1c2ccccc2-c2ccccc21.C.[Li+].c1ccc2c(c1)Cc1ccccc1-2.c1ccc2c(c1)Cc1ccccc1-2. The molecule has 238 valence electrons. The van der Waals surface area contributed by atoms with E-state index in [0.717, 1.165) is 28.8 Å². The predicted octanol–water partition coefficient (Wildman–Crippen LogP) is 10.5. The number of alkyl halides is 3. The van der Waals surface area contributed by atoms with Crippen molar-refractivity contribution < 1.29 is 18.9 Å². The van der Waals surface area contributed by atoms with Gasteiger partial charge in [-0.3, -0.25) is 0 Å². The van der Waals surface area contributed by atoms with Crippen LogP contribution in [0.1, 0.15) is 53.1 Å². The van der Waals surface area contributed by atoms with Crippen LogP contribution in [0, 0.1) is 0 Å². The summed E-state index contributed by atoms with van der Waals surface area (Å²) in [5.41, 5.74) is 17.3. The average Bonchev–Trinajstić information content (AvgIpc) is 3.79. The van der Waals surface area contributed by atoms with Gasteiger partial charge in [0.05, 0.1) is 0 Å². The number of rotatable bonds is 3. The van der Waals surface area contributed by atoms with Crippen LogP contribution >= 0.6 is 47.8 Å². The minimum atomic E-state index is 0. The molecule has 0 heterocycles. The monoisotopic (exact) mass is 813 g/mol. The van der Waals surface area contributed by atoms with Gasteiger partial charge in [-0.15, -0.1) is 0 Å². The van der Waals surface area contributed by atoms with Gasteiger partial charge in [-0.25, -0.2) is 0 Å². The standard InChI is InChI=1S/C15H13Br.2C13H10.C2H4Br2.CH4.Li/c16-10-9-15-13-7-3-1-5-11(13)12-6-2-4-8-14(12)15;2*1-3-7-12-10(5-1)9-11-6-2-4-8-13(11)12;3-1-2-4;;/h1-8,15H,9-10H2;2*1-8H,9H2;1-2H2;1H4;/q;;;;;+1. The van der Waals surface area contributed by atoms with Gasteiger partial charge in [0.25, 0.3) is 0 Å². The van der Waals surface area contributed by atoms with E-state index in [1.165, 1.54) is 73.2 Å². The summed E-state index contributed by atoms with van der Waals surface area (Å²) in [6.07, 6.45) is 3.38. The van der Waals surface area contributed by atoms with Crippen molar-refractivity contribution in [2.45, 2.75) is 32.6 Å². The van der Waals surface area contributed by atoms with E-state index in [0.29, 0.717) is 5.92 Å². The summed E-state index contributed by atoms with van der Waals surface area (Å²) in [5, 5.41) is 3.15. The number of benzene rings is 6. The Morgan fingerprint density at radius 2 is 0.646 bits per heavy atom. The van der Waals surface area contributed by atoms with E-state index in [1.807, 2.05) is 0 Å². The first-order chi connectivity index (χ1) is 22.7. The zero-order valence-electron chi connectivity index (χ0n) is 26.8. The summed E-state index contributed by atoms with van der Waals surface area (Å²) in [4.78, 5) is 0. The van der Waals surface area contributed by atoms with Gasteiger partial charge < -0.3 is 0 Å². The van der Waals surface area contributed by atoms with Crippen molar-refractivity contribution in [3.63, 3.8) is 0 Å². The molecule has 0 radical (unpaired) electrons. The van der Waals surface area contributed by atoms with Crippen LogP contribution in [0.2, 0.25) is 0 Å². The van der Waals surface area contributed by atoms with Crippen molar-refractivity contribution in [2.75, 3.05) is 16.0 Å². The first-order valence-electron chi connectivity index (χ1n) is 15.9. The Bertz CT molecular complexity index is 1690. The van der Waals surface area contributed by atoms with Crippen molar-refractivity contribution in [1.29, 1.82) is 0 Å². The molecular weight excluding hydrogens is 775 g/mol. The van der Waals surface area contributed by atoms with Gasteiger partial charge in [0.2, 0.25) is 0 Å². The molecule has 48 heavy (non-hydrogen) atoms. The van der Waals surface area contributed by atoms with Crippen molar-refractivity contribution in [1.82, 2.24) is 0 Å². The van der Waals surface area contributed by atoms with Gasteiger partial charge in [0.15, 0.2) is 0 Å². The fourth-order valence-electron chi connectivity index (χ4n) is 6.84. The second-order valence-corrected chi connectivity index (χ2v) is 13.9. The molecule has 0 unspecified atom stereocenters. The third-order valence-corrected chi connectivity index (χ3v) is 11.2. The molecule has 0 saturated carbocycles. The van der Waals surface area contributed by atoms with Gasteiger partial charge in [0, 0.05) is 21.9 Å². The summed E-state index contributed by atoms with van der Waals surface area (Å²) in [7, 11) is 0. The Hall–Kier alpha value is -2.64. The molecule has 4 heteroatoms. The third-order valence-electron chi connectivity index (χ3n) is 8.84. The molecule has 6 aromatic rings. The molecule has 6 aromatic carbocycles. The van der Waals surface area contributed by atoms with Crippen LogP contribution in [0.15, 0.2) is 146 Å². The zero-order chi connectivity index (χ0) is 31.7. The predicted molar refractivity (Wildman–Crippen MR) is 216 cm³/mol. The van der Waals surface area contributed by atoms with Gasteiger partial charge >= 0.3 is 18.9 Å². The Morgan fingerprint density at radius 1 is 0.375 bits per heavy atom. The molecule has 0 atom stereocenters. The van der Waals surface area contributed by atoms with Crippen LogP contribution in [-0.2, 0) is 12.8 Å². The molecule has 0 saturated heterocycles. The van der Waals surface area contributed by atoms with Crippen LogP contribution in [0.25, 0.3) is 33.4 Å². The van der Waals surface area contributed by atoms with E-state index in [4.69, 9.17) is 0 Å².